The van der Waals surface area contributed by atoms with Crippen LogP contribution >= 0.6 is 22.9 Å². The first kappa shape index (κ1) is 16.3. The third-order valence-corrected chi connectivity index (χ3v) is 4.08. The lowest BCUT2D eigenvalue weighted by Gasteiger charge is -2.11. The molecule has 2 heterocycles. The van der Waals surface area contributed by atoms with E-state index in [4.69, 9.17) is 16.3 Å². The zero-order chi connectivity index (χ0) is 15.9. The molecule has 1 aromatic heterocycles. The van der Waals surface area contributed by atoms with Crippen molar-refractivity contribution < 1.29 is 14.3 Å². The highest BCUT2D eigenvalue weighted by Crippen LogP contribution is 2.20. The topological polar surface area (TPSA) is 58.6 Å². The van der Waals surface area contributed by atoms with Gasteiger partial charge in [-0.3, -0.25) is 9.69 Å². The number of hydrogen-bond acceptors (Lipinski definition) is 4. The van der Waals surface area contributed by atoms with Gasteiger partial charge in [0.25, 0.3) is 5.91 Å². The SMILES string of the molecule is CNC(=O)c1ccc(Cl)s1.O=C1OCCN1c1ccccc1. The number of amides is 2. The van der Waals surface area contributed by atoms with Crippen LogP contribution < -0.4 is 10.2 Å². The van der Waals surface area contributed by atoms with Crippen LogP contribution in [0.1, 0.15) is 9.67 Å². The van der Waals surface area contributed by atoms with Crippen LogP contribution in [0, 0.1) is 0 Å². The molecule has 0 atom stereocenters. The summed E-state index contributed by atoms with van der Waals surface area (Å²) >= 11 is 6.87. The van der Waals surface area contributed by atoms with Crippen LogP contribution in [0.3, 0.4) is 0 Å². The molecule has 0 spiro atoms. The summed E-state index contributed by atoms with van der Waals surface area (Å²) in [6.07, 6.45) is -0.249. The Labute approximate surface area is 137 Å². The van der Waals surface area contributed by atoms with Gasteiger partial charge in [0.05, 0.1) is 15.8 Å². The predicted molar refractivity (Wildman–Crippen MR) is 87.9 cm³/mol. The first-order valence-corrected chi connectivity index (χ1v) is 7.78. The summed E-state index contributed by atoms with van der Waals surface area (Å²) in [4.78, 5) is 24.2. The summed E-state index contributed by atoms with van der Waals surface area (Å²) in [5, 5.41) is 2.51. The molecule has 116 valence electrons. The average molecular weight is 339 g/mol. The standard InChI is InChI=1S/C9H9NO2.C6H6ClNOS/c11-9-10(6-7-12-9)8-4-2-1-3-5-8;1-8-6(9)4-2-3-5(7)10-4/h1-5H,6-7H2;2-3H,1H3,(H,8,9). The molecule has 1 N–H and O–H groups in total. The summed E-state index contributed by atoms with van der Waals surface area (Å²) in [7, 11) is 1.59. The molecule has 1 aliphatic rings. The first-order chi connectivity index (χ1) is 10.6. The molecule has 0 radical (unpaired) electrons. The third-order valence-electron chi connectivity index (χ3n) is 2.85. The van der Waals surface area contributed by atoms with Crippen LogP contribution in [0.4, 0.5) is 10.5 Å². The van der Waals surface area contributed by atoms with Gasteiger partial charge in [-0.05, 0) is 24.3 Å². The van der Waals surface area contributed by atoms with Gasteiger partial charge < -0.3 is 10.1 Å². The smallest absolute Gasteiger partial charge is 0.414 e. The zero-order valence-corrected chi connectivity index (χ0v) is 13.5. The van der Waals surface area contributed by atoms with Crippen LogP contribution in [-0.4, -0.2) is 32.2 Å². The summed E-state index contributed by atoms with van der Waals surface area (Å²) in [6.45, 7) is 1.15. The van der Waals surface area contributed by atoms with E-state index >= 15 is 0 Å². The molecular formula is C15H15ClN2O3S. The molecule has 22 heavy (non-hydrogen) atoms. The molecule has 3 rings (SSSR count). The molecule has 1 aliphatic heterocycles. The highest BCUT2D eigenvalue weighted by Gasteiger charge is 2.22. The molecule has 2 amide bonds. The number of hydrogen-bond donors (Lipinski definition) is 1. The van der Waals surface area contributed by atoms with Crippen molar-refractivity contribution in [3.8, 4) is 0 Å². The highest BCUT2D eigenvalue weighted by molar-refractivity contribution is 7.17. The van der Waals surface area contributed by atoms with Gasteiger partial charge in [-0.25, -0.2) is 4.79 Å². The van der Waals surface area contributed by atoms with Crippen molar-refractivity contribution in [3.63, 3.8) is 0 Å². The summed E-state index contributed by atoms with van der Waals surface area (Å²) in [6, 6.07) is 12.9. The van der Waals surface area contributed by atoms with E-state index in [1.54, 1.807) is 24.1 Å². The first-order valence-electron chi connectivity index (χ1n) is 6.58. The number of anilines is 1. The van der Waals surface area contributed by atoms with E-state index in [0.29, 0.717) is 22.4 Å². The van der Waals surface area contributed by atoms with Gasteiger partial charge in [-0.15, -0.1) is 11.3 Å². The van der Waals surface area contributed by atoms with Gasteiger partial charge in [0.15, 0.2) is 0 Å². The van der Waals surface area contributed by atoms with Crippen LogP contribution in [0.5, 0.6) is 0 Å². The number of nitrogens with one attached hydrogen (secondary N) is 1. The largest absolute Gasteiger partial charge is 0.447 e. The highest BCUT2D eigenvalue weighted by atomic mass is 35.5. The summed E-state index contributed by atoms with van der Waals surface area (Å²) < 4.78 is 5.44. The van der Waals surface area contributed by atoms with E-state index in [-0.39, 0.29) is 12.0 Å². The molecule has 5 nitrogen and oxygen atoms in total. The van der Waals surface area contributed by atoms with Crippen LogP contribution in [-0.2, 0) is 4.74 Å². The number of rotatable bonds is 2. The number of benzene rings is 1. The van der Waals surface area contributed by atoms with Crippen molar-refractivity contribution in [2.75, 3.05) is 25.1 Å². The van der Waals surface area contributed by atoms with Crippen molar-refractivity contribution in [2.45, 2.75) is 0 Å². The number of halogens is 1. The number of carbonyl (C=O) groups excluding carboxylic acids is 2. The van der Waals surface area contributed by atoms with Crippen molar-refractivity contribution in [1.29, 1.82) is 0 Å². The Hall–Kier alpha value is -2.05. The fourth-order valence-corrected chi connectivity index (χ4v) is 2.78. The minimum absolute atomic E-state index is 0.0862. The Balaban J connectivity index is 0.000000164. The van der Waals surface area contributed by atoms with E-state index in [0.717, 1.165) is 5.69 Å². The molecule has 1 fully saturated rings. The second kappa shape index (κ2) is 7.82. The predicted octanol–water partition coefficient (Wildman–Crippen LogP) is 3.40. The van der Waals surface area contributed by atoms with Crippen molar-refractivity contribution in [2.24, 2.45) is 0 Å². The molecule has 1 saturated heterocycles. The lowest BCUT2D eigenvalue weighted by molar-refractivity contribution is 0.0967. The number of carbonyl (C=O) groups is 2. The average Bonchev–Trinajstić information content (AvgIpc) is 3.16. The second-order valence-electron chi connectivity index (χ2n) is 4.28. The number of thiophene rings is 1. The van der Waals surface area contributed by atoms with E-state index in [1.807, 2.05) is 30.3 Å². The maximum absolute atomic E-state index is 11.1. The van der Waals surface area contributed by atoms with Crippen LogP contribution in [0.25, 0.3) is 0 Å². The molecule has 0 bridgehead atoms. The molecule has 0 unspecified atom stereocenters. The lowest BCUT2D eigenvalue weighted by atomic mass is 10.3. The normalized spacial score (nSPS) is 13.2. The Morgan fingerprint density at radius 3 is 2.50 bits per heavy atom. The Morgan fingerprint density at radius 1 is 1.27 bits per heavy atom. The Morgan fingerprint density at radius 2 is 2.00 bits per heavy atom. The molecule has 2 aromatic rings. The number of ether oxygens (including phenoxy) is 1. The van der Waals surface area contributed by atoms with Crippen molar-refractivity contribution in [3.05, 3.63) is 51.7 Å². The fourth-order valence-electron chi connectivity index (χ4n) is 1.80. The summed E-state index contributed by atoms with van der Waals surface area (Å²) in [5.41, 5.74) is 0.903. The fraction of sp³-hybridized carbons (Fsp3) is 0.200. The molecule has 1 aromatic carbocycles. The minimum atomic E-state index is -0.249. The van der Waals surface area contributed by atoms with E-state index < -0.39 is 0 Å². The van der Waals surface area contributed by atoms with Crippen molar-refractivity contribution in [1.82, 2.24) is 5.32 Å². The van der Waals surface area contributed by atoms with Gasteiger partial charge in [0.2, 0.25) is 0 Å². The van der Waals surface area contributed by atoms with Crippen molar-refractivity contribution >= 4 is 40.6 Å². The Bertz CT molecular complexity index is 645. The van der Waals surface area contributed by atoms with Gasteiger partial charge in [0, 0.05) is 12.7 Å². The molecule has 0 saturated carbocycles. The van der Waals surface area contributed by atoms with Gasteiger partial charge >= 0.3 is 6.09 Å². The minimum Gasteiger partial charge on any atom is -0.447 e. The van der Waals surface area contributed by atoms with Gasteiger partial charge in [0.1, 0.15) is 6.61 Å². The van der Waals surface area contributed by atoms with Crippen LogP contribution in [0.2, 0.25) is 4.34 Å². The summed E-state index contributed by atoms with van der Waals surface area (Å²) in [5.74, 6) is -0.0862. The Kier molecular flexibility index (Phi) is 5.80. The van der Waals surface area contributed by atoms with Gasteiger partial charge in [-0.2, -0.15) is 0 Å². The number of para-hydroxylation sites is 1. The molecule has 7 heteroatoms. The third kappa shape index (κ3) is 4.22. The monoisotopic (exact) mass is 338 g/mol. The lowest BCUT2D eigenvalue weighted by Crippen LogP contribution is -2.22. The maximum Gasteiger partial charge on any atom is 0.414 e. The van der Waals surface area contributed by atoms with E-state index in [1.165, 1.54) is 11.3 Å². The van der Waals surface area contributed by atoms with Gasteiger partial charge in [-0.1, -0.05) is 29.8 Å². The maximum atomic E-state index is 11.1. The van der Waals surface area contributed by atoms with Crippen LogP contribution in [0.15, 0.2) is 42.5 Å². The quantitative estimate of drug-likeness (QED) is 0.913. The zero-order valence-electron chi connectivity index (χ0n) is 11.9. The molecular weight excluding hydrogens is 324 g/mol. The molecule has 0 aliphatic carbocycles. The second-order valence-corrected chi connectivity index (χ2v) is 6.00. The number of nitrogens with zero attached hydrogens (tertiary/aromatic N) is 1. The van der Waals surface area contributed by atoms with E-state index in [9.17, 15) is 9.59 Å². The van der Waals surface area contributed by atoms with E-state index in [2.05, 4.69) is 5.32 Å². The number of cyclic esters (lactones) is 1.